The quantitative estimate of drug-likeness (QED) is 0.527. The van der Waals surface area contributed by atoms with Crippen LogP contribution in [0.5, 0.6) is 0 Å². The predicted octanol–water partition coefficient (Wildman–Crippen LogP) is 0.125. The Morgan fingerprint density at radius 1 is 1.16 bits per heavy atom. The van der Waals surface area contributed by atoms with Gasteiger partial charge in [0.2, 0.25) is 5.91 Å². The number of nitrogens with zero attached hydrogens (tertiary/aromatic N) is 1. The largest absolute Gasteiger partial charge is 0.436 e. The van der Waals surface area contributed by atoms with Crippen LogP contribution >= 0.6 is 0 Å². The predicted molar refractivity (Wildman–Crippen MR) is 85.3 cm³/mol. The number of hydrogen-bond donors (Lipinski definition) is 3. The standard InChI is InChI=1S/C15H25FN4O5/c16-9-13(22)20(7-6-12(17)21)19-14(23)11(25-15(18)24)8-10-4-2-1-3-5-10/h10-11H,1-9H2,(H2,17,21)(H2,18,24)(H,19,23). The number of ether oxygens (including phenoxy) is 1. The van der Waals surface area contributed by atoms with Crippen molar-refractivity contribution in [3.8, 4) is 0 Å². The summed E-state index contributed by atoms with van der Waals surface area (Å²) in [6.07, 6.45) is 2.69. The first-order valence-electron chi connectivity index (χ1n) is 8.24. The van der Waals surface area contributed by atoms with Crippen molar-refractivity contribution in [1.82, 2.24) is 10.4 Å². The fraction of sp³-hybridized carbons (Fsp3) is 0.733. The molecule has 5 N–H and O–H groups in total. The fourth-order valence-corrected chi connectivity index (χ4v) is 2.82. The van der Waals surface area contributed by atoms with Crippen molar-refractivity contribution in [2.75, 3.05) is 13.2 Å². The normalized spacial score (nSPS) is 15.9. The van der Waals surface area contributed by atoms with E-state index in [-0.39, 0.29) is 25.3 Å². The van der Waals surface area contributed by atoms with Gasteiger partial charge in [-0.2, -0.15) is 0 Å². The van der Waals surface area contributed by atoms with Gasteiger partial charge in [-0.25, -0.2) is 9.18 Å². The first-order valence-corrected chi connectivity index (χ1v) is 8.24. The van der Waals surface area contributed by atoms with Crippen molar-refractivity contribution >= 4 is 23.8 Å². The molecule has 0 aliphatic heterocycles. The zero-order valence-corrected chi connectivity index (χ0v) is 14.0. The number of primary amides is 2. The Labute approximate surface area is 145 Å². The fourth-order valence-electron chi connectivity index (χ4n) is 2.82. The molecule has 0 aromatic heterocycles. The number of hydrazine groups is 1. The van der Waals surface area contributed by atoms with Gasteiger partial charge < -0.3 is 16.2 Å². The van der Waals surface area contributed by atoms with Gasteiger partial charge >= 0.3 is 6.09 Å². The van der Waals surface area contributed by atoms with Gasteiger partial charge in [0.25, 0.3) is 11.8 Å². The molecule has 142 valence electrons. The number of alkyl halides is 1. The van der Waals surface area contributed by atoms with Crippen LogP contribution in [-0.4, -0.2) is 48.1 Å². The molecule has 1 aliphatic carbocycles. The molecular formula is C15H25FN4O5. The summed E-state index contributed by atoms with van der Waals surface area (Å²) in [5, 5.41) is 0.658. The lowest BCUT2D eigenvalue weighted by Gasteiger charge is -2.28. The van der Waals surface area contributed by atoms with Gasteiger partial charge in [0.1, 0.15) is 0 Å². The van der Waals surface area contributed by atoms with Gasteiger partial charge in [-0.1, -0.05) is 32.1 Å². The van der Waals surface area contributed by atoms with E-state index >= 15 is 0 Å². The second-order valence-corrected chi connectivity index (χ2v) is 6.04. The SMILES string of the molecule is NC(=O)CCN(NC(=O)C(CC1CCCCC1)OC(N)=O)C(=O)CF. The van der Waals surface area contributed by atoms with Crippen LogP contribution < -0.4 is 16.9 Å². The minimum Gasteiger partial charge on any atom is -0.436 e. The lowest BCUT2D eigenvalue weighted by Crippen LogP contribution is -2.52. The molecule has 0 saturated heterocycles. The van der Waals surface area contributed by atoms with Crippen LogP contribution in [0.15, 0.2) is 0 Å². The maximum absolute atomic E-state index is 12.6. The molecule has 0 heterocycles. The highest BCUT2D eigenvalue weighted by atomic mass is 19.1. The lowest BCUT2D eigenvalue weighted by molar-refractivity contribution is -0.146. The van der Waals surface area contributed by atoms with Gasteiger partial charge in [-0.15, -0.1) is 0 Å². The molecule has 9 nitrogen and oxygen atoms in total. The van der Waals surface area contributed by atoms with E-state index in [0.29, 0.717) is 5.01 Å². The first-order chi connectivity index (χ1) is 11.8. The lowest BCUT2D eigenvalue weighted by atomic mass is 9.85. The second kappa shape index (κ2) is 10.5. The Bertz CT molecular complexity index is 496. The Kier molecular flexibility index (Phi) is 8.65. The Hall–Kier alpha value is -2.39. The highest BCUT2D eigenvalue weighted by Gasteiger charge is 2.29. The summed E-state index contributed by atoms with van der Waals surface area (Å²) in [4.78, 5) is 45.8. The molecule has 0 bridgehead atoms. The van der Waals surface area contributed by atoms with E-state index in [9.17, 15) is 23.6 Å². The second-order valence-electron chi connectivity index (χ2n) is 6.04. The maximum Gasteiger partial charge on any atom is 0.405 e. The van der Waals surface area contributed by atoms with E-state index in [4.69, 9.17) is 16.2 Å². The number of carbonyl (C=O) groups is 4. The Balaban J connectivity index is 2.72. The molecule has 1 aliphatic rings. The van der Waals surface area contributed by atoms with Crippen molar-refractivity contribution < 1.29 is 28.3 Å². The van der Waals surface area contributed by atoms with E-state index in [1.807, 2.05) is 0 Å². The zero-order chi connectivity index (χ0) is 18.8. The molecule has 25 heavy (non-hydrogen) atoms. The van der Waals surface area contributed by atoms with E-state index in [0.717, 1.165) is 32.1 Å². The molecule has 4 amide bonds. The number of hydrogen-bond acceptors (Lipinski definition) is 5. The third-order valence-electron chi connectivity index (χ3n) is 4.07. The van der Waals surface area contributed by atoms with E-state index in [2.05, 4.69) is 5.43 Å². The summed E-state index contributed by atoms with van der Waals surface area (Å²) in [7, 11) is 0. The van der Waals surface area contributed by atoms with Crippen molar-refractivity contribution in [2.45, 2.75) is 51.0 Å². The summed E-state index contributed by atoms with van der Waals surface area (Å²) in [5.74, 6) is -2.35. The van der Waals surface area contributed by atoms with E-state index < -0.39 is 36.6 Å². The van der Waals surface area contributed by atoms with E-state index in [1.54, 1.807) is 0 Å². The van der Waals surface area contributed by atoms with Crippen molar-refractivity contribution in [3.63, 3.8) is 0 Å². The molecule has 0 aromatic rings. The van der Waals surface area contributed by atoms with Crippen molar-refractivity contribution in [1.29, 1.82) is 0 Å². The van der Waals surface area contributed by atoms with Crippen molar-refractivity contribution in [2.24, 2.45) is 17.4 Å². The molecule has 0 aromatic carbocycles. The molecule has 1 saturated carbocycles. The van der Waals surface area contributed by atoms with Gasteiger partial charge in [0.05, 0.1) is 6.54 Å². The van der Waals surface area contributed by atoms with Crippen LogP contribution in [0.2, 0.25) is 0 Å². The van der Waals surface area contributed by atoms with Crippen molar-refractivity contribution in [3.05, 3.63) is 0 Å². The molecule has 1 fully saturated rings. The summed E-state index contributed by atoms with van der Waals surface area (Å²) in [6.45, 7) is -1.64. The molecule has 0 spiro atoms. The summed E-state index contributed by atoms with van der Waals surface area (Å²) >= 11 is 0. The molecule has 10 heteroatoms. The molecular weight excluding hydrogens is 335 g/mol. The summed E-state index contributed by atoms with van der Waals surface area (Å²) in [5.41, 5.74) is 12.2. The van der Waals surface area contributed by atoms with Crippen LogP contribution in [0, 0.1) is 5.92 Å². The number of rotatable bonds is 8. The van der Waals surface area contributed by atoms with Crippen LogP contribution in [0.4, 0.5) is 9.18 Å². The third kappa shape index (κ3) is 7.81. The average molecular weight is 360 g/mol. The number of carbonyl (C=O) groups excluding carboxylic acids is 4. The highest BCUT2D eigenvalue weighted by molar-refractivity contribution is 5.86. The summed E-state index contributed by atoms with van der Waals surface area (Å²) in [6, 6.07) is 0. The highest BCUT2D eigenvalue weighted by Crippen LogP contribution is 2.28. The molecule has 0 radical (unpaired) electrons. The van der Waals surface area contributed by atoms with Crippen LogP contribution in [0.1, 0.15) is 44.9 Å². The zero-order valence-electron chi connectivity index (χ0n) is 14.0. The van der Waals surface area contributed by atoms with Crippen LogP contribution in [0.25, 0.3) is 0 Å². The minimum atomic E-state index is -1.36. The monoisotopic (exact) mass is 360 g/mol. The molecule has 1 rings (SSSR count). The van der Waals surface area contributed by atoms with Gasteiger partial charge in [0.15, 0.2) is 12.8 Å². The van der Waals surface area contributed by atoms with Crippen LogP contribution in [0.3, 0.4) is 0 Å². The number of nitrogens with two attached hydrogens (primary N) is 2. The number of halogens is 1. The minimum absolute atomic E-state index is 0.194. The summed E-state index contributed by atoms with van der Waals surface area (Å²) < 4.78 is 17.5. The topological polar surface area (TPSA) is 145 Å². The van der Waals surface area contributed by atoms with Gasteiger partial charge in [-0.3, -0.25) is 24.8 Å². The van der Waals surface area contributed by atoms with Crippen LogP contribution in [-0.2, 0) is 19.1 Å². The number of amides is 4. The molecule has 1 unspecified atom stereocenters. The number of nitrogens with one attached hydrogen (secondary N) is 1. The Morgan fingerprint density at radius 2 is 1.80 bits per heavy atom. The third-order valence-corrected chi connectivity index (χ3v) is 4.07. The molecule has 1 atom stereocenters. The smallest absolute Gasteiger partial charge is 0.405 e. The van der Waals surface area contributed by atoms with Gasteiger partial charge in [-0.05, 0) is 12.3 Å². The Morgan fingerprint density at radius 3 is 2.32 bits per heavy atom. The van der Waals surface area contributed by atoms with E-state index in [1.165, 1.54) is 0 Å². The maximum atomic E-state index is 12.6. The average Bonchev–Trinajstić information content (AvgIpc) is 2.57. The first kappa shape index (κ1) is 20.7. The van der Waals surface area contributed by atoms with Gasteiger partial charge in [0, 0.05) is 6.42 Å².